The van der Waals surface area contributed by atoms with Gasteiger partial charge in [0.25, 0.3) is 0 Å². The molecule has 1 N–H and O–H groups in total. The Hall–Kier alpha value is -0.860. The molecule has 2 nitrogen and oxygen atoms in total. The topological polar surface area (TPSA) is 15.3 Å². The van der Waals surface area contributed by atoms with Crippen LogP contribution in [0.25, 0.3) is 0 Å². The Morgan fingerprint density at radius 1 is 1.21 bits per heavy atom. The predicted octanol–water partition coefficient (Wildman–Crippen LogP) is 3.70. The average Bonchev–Trinajstić information content (AvgIpc) is 2.38. The zero-order valence-electron chi connectivity index (χ0n) is 13.4. The highest BCUT2D eigenvalue weighted by molar-refractivity contribution is 5.21. The Morgan fingerprint density at radius 2 is 1.79 bits per heavy atom. The molecular weight excluding hydrogens is 232 g/mol. The summed E-state index contributed by atoms with van der Waals surface area (Å²) in [4.78, 5) is 2.47. The van der Waals surface area contributed by atoms with Crippen molar-refractivity contribution in [1.82, 2.24) is 10.2 Å². The lowest BCUT2D eigenvalue weighted by Gasteiger charge is -2.39. The molecule has 0 radical (unpaired) electrons. The maximum Gasteiger partial charge on any atom is 0.0381 e. The van der Waals surface area contributed by atoms with Gasteiger partial charge in [0, 0.05) is 18.6 Å². The van der Waals surface area contributed by atoms with Gasteiger partial charge in [-0.3, -0.25) is 0 Å². The van der Waals surface area contributed by atoms with Crippen molar-refractivity contribution >= 4 is 0 Å². The normalized spacial score (nSPS) is 15.5. The molecular formula is C17H30N2. The average molecular weight is 262 g/mol. The van der Waals surface area contributed by atoms with Gasteiger partial charge in [0.2, 0.25) is 0 Å². The van der Waals surface area contributed by atoms with Gasteiger partial charge in [-0.05, 0) is 38.4 Å². The van der Waals surface area contributed by atoms with E-state index in [4.69, 9.17) is 0 Å². The second kappa shape index (κ2) is 7.06. The number of nitrogens with zero attached hydrogens (tertiary/aromatic N) is 1. The smallest absolute Gasteiger partial charge is 0.0381 e. The summed E-state index contributed by atoms with van der Waals surface area (Å²) in [7, 11) is 4.29. The van der Waals surface area contributed by atoms with Gasteiger partial charge in [-0.2, -0.15) is 0 Å². The number of benzene rings is 1. The maximum atomic E-state index is 3.49. The van der Waals surface area contributed by atoms with Crippen LogP contribution in [-0.4, -0.2) is 31.6 Å². The fraction of sp³-hybridized carbons (Fsp3) is 0.647. The second-order valence-electron chi connectivity index (χ2n) is 6.29. The van der Waals surface area contributed by atoms with E-state index in [0.29, 0.717) is 12.1 Å². The first-order valence-electron chi connectivity index (χ1n) is 7.34. The van der Waals surface area contributed by atoms with Crippen molar-refractivity contribution in [2.24, 2.45) is 5.41 Å². The minimum absolute atomic E-state index is 0.189. The molecule has 2 atom stereocenters. The molecule has 0 heterocycles. The van der Waals surface area contributed by atoms with Crippen LogP contribution in [0.5, 0.6) is 0 Å². The Morgan fingerprint density at radius 3 is 2.26 bits per heavy atom. The number of nitrogens with one attached hydrogen (secondary N) is 1. The highest BCUT2D eigenvalue weighted by Gasteiger charge is 2.31. The van der Waals surface area contributed by atoms with Gasteiger partial charge in [0.05, 0.1) is 0 Å². The minimum atomic E-state index is 0.189. The minimum Gasteiger partial charge on any atom is -0.313 e. The van der Waals surface area contributed by atoms with Gasteiger partial charge in [-0.1, -0.05) is 51.1 Å². The van der Waals surface area contributed by atoms with Gasteiger partial charge in [0.1, 0.15) is 0 Å². The number of hydrogen-bond acceptors (Lipinski definition) is 2. The van der Waals surface area contributed by atoms with Crippen LogP contribution in [0.1, 0.15) is 45.7 Å². The summed E-state index contributed by atoms with van der Waals surface area (Å²) in [5.41, 5.74) is 1.56. The van der Waals surface area contributed by atoms with Gasteiger partial charge in [-0.25, -0.2) is 0 Å². The van der Waals surface area contributed by atoms with Crippen LogP contribution in [-0.2, 0) is 0 Å². The van der Waals surface area contributed by atoms with Crippen molar-refractivity contribution in [2.75, 3.05) is 20.6 Å². The van der Waals surface area contributed by atoms with Gasteiger partial charge < -0.3 is 10.2 Å². The molecule has 0 saturated heterocycles. The van der Waals surface area contributed by atoms with Crippen molar-refractivity contribution < 1.29 is 0 Å². The molecule has 0 saturated carbocycles. The molecule has 108 valence electrons. The molecule has 1 aromatic rings. The number of rotatable bonds is 7. The van der Waals surface area contributed by atoms with Crippen molar-refractivity contribution in [1.29, 1.82) is 0 Å². The Labute approximate surface area is 119 Å². The predicted molar refractivity (Wildman–Crippen MR) is 84.4 cm³/mol. The third kappa shape index (κ3) is 4.32. The van der Waals surface area contributed by atoms with Crippen LogP contribution in [0.4, 0.5) is 0 Å². The van der Waals surface area contributed by atoms with Gasteiger partial charge >= 0.3 is 0 Å². The van der Waals surface area contributed by atoms with Crippen molar-refractivity contribution in [3.05, 3.63) is 35.9 Å². The molecule has 19 heavy (non-hydrogen) atoms. The highest BCUT2D eigenvalue weighted by Crippen LogP contribution is 2.34. The molecule has 0 bridgehead atoms. The van der Waals surface area contributed by atoms with E-state index in [1.165, 1.54) is 12.0 Å². The van der Waals surface area contributed by atoms with Crippen LogP contribution >= 0.6 is 0 Å². The molecule has 1 aromatic carbocycles. The first-order valence-corrected chi connectivity index (χ1v) is 7.34. The van der Waals surface area contributed by atoms with Gasteiger partial charge in [-0.15, -0.1) is 0 Å². The Kier molecular flexibility index (Phi) is 6.02. The van der Waals surface area contributed by atoms with E-state index < -0.39 is 0 Å². The fourth-order valence-electron chi connectivity index (χ4n) is 2.86. The lowest BCUT2D eigenvalue weighted by molar-refractivity contribution is 0.131. The molecule has 0 amide bonds. The van der Waals surface area contributed by atoms with Crippen molar-refractivity contribution in [2.45, 2.75) is 46.2 Å². The molecule has 0 aliphatic heterocycles. The van der Waals surface area contributed by atoms with E-state index in [2.05, 4.69) is 82.3 Å². The third-order valence-electron chi connectivity index (χ3n) is 4.20. The summed E-state index contributed by atoms with van der Waals surface area (Å²) < 4.78 is 0. The molecule has 0 fully saturated rings. The second-order valence-corrected chi connectivity index (χ2v) is 6.29. The summed E-state index contributed by atoms with van der Waals surface area (Å²) in [6.45, 7) is 10.3. The van der Waals surface area contributed by atoms with Crippen LogP contribution in [0.2, 0.25) is 0 Å². The standard InChI is InChI=1S/C17H30N2/c1-7-14(2)19(6)13-17(3,4)16(18-5)15-11-9-8-10-12-15/h8-12,14,16,18H,7,13H2,1-6H3. The number of hydrogen-bond donors (Lipinski definition) is 1. The largest absolute Gasteiger partial charge is 0.313 e. The summed E-state index contributed by atoms with van der Waals surface area (Å²) in [6.07, 6.45) is 1.20. The molecule has 2 unspecified atom stereocenters. The summed E-state index contributed by atoms with van der Waals surface area (Å²) in [5, 5.41) is 3.49. The molecule has 2 heteroatoms. The van der Waals surface area contributed by atoms with E-state index >= 15 is 0 Å². The van der Waals surface area contributed by atoms with Crippen molar-refractivity contribution in [3.63, 3.8) is 0 Å². The van der Waals surface area contributed by atoms with Gasteiger partial charge in [0.15, 0.2) is 0 Å². The summed E-state index contributed by atoms with van der Waals surface area (Å²) >= 11 is 0. The molecule has 0 aliphatic carbocycles. The molecule has 0 aliphatic rings. The summed E-state index contributed by atoms with van der Waals surface area (Å²) in [6, 6.07) is 11.8. The third-order valence-corrected chi connectivity index (χ3v) is 4.20. The molecule has 1 rings (SSSR count). The molecule has 0 aromatic heterocycles. The lowest BCUT2D eigenvalue weighted by Crippen LogP contribution is -2.43. The van der Waals surface area contributed by atoms with Crippen LogP contribution in [0, 0.1) is 5.41 Å². The lowest BCUT2D eigenvalue weighted by atomic mass is 9.79. The molecule has 0 spiro atoms. The maximum absolute atomic E-state index is 3.49. The summed E-state index contributed by atoms with van der Waals surface area (Å²) in [5.74, 6) is 0. The van der Waals surface area contributed by atoms with E-state index in [1.54, 1.807) is 0 Å². The Bertz CT molecular complexity index is 359. The van der Waals surface area contributed by atoms with Crippen LogP contribution < -0.4 is 5.32 Å². The highest BCUT2D eigenvalue weighted by atomic mass is 15.1. The fourth-order valence-corrected chi connectivity index (χ4v) is 2.86. The SMILES string of the molecule is CCC(C)N(C)CC(C)(C)C(NC)c1ccccc1. The quantitative estimate of drug-likeness (QED) is 0.806. The van der Waals surface area contributed by atoms with Crippen molar-refractivity contribution in [3.8, 4) is 0 Å². The van der Waals surface area contributed by atoms with E-state index in [-0.39, 0.29) is 5.41 Å². The zero-order valence-corrected chi connectivity index (χ0v) is 13.4. The van der Waals surface area contributed by atoms with E-state index in [0.717, 1.165) is 6.54 Å². The zero-order chi connectivity index (χ0) is 14.5. The first kappa shape index (κ1) is 16.2. The monoisotopic (exact) mass is 262 g/mol. The van der Waals surface area contributed by atoms with E-state index in [9.17, 15) is 0 Å². The first-order chi connectivity index (χ1) is 8.92. The Balaban J connectivity index is 2.84. The van der Waals surface area contributed by atoms with E-state index in [1.807, 2.05) is 0 Å². The van der Waals surface area contributed by atoms with Crippen LogP contribution in [0.3, 0.4) is 0 Å². The van der Waals surface area contributed by atoms with Crippen LogP contribution in [0.15, 0.2) is 30.3 Å².